The lowest BCUT2D eigenvalue weighted by atomic mass is 10.2. The van der Waals surface area contributed by atoms with Gasteiger partial charge in [0.1, 0.15) is 0 Å². The molecule has 1 rings (SSSR count). The molecular weight excluding hydrogens is 255 g/mol. The highest BCUT2D eigenvalue weighted by Gasteiger charge is 1.92. The van der Waals surface area contributed by atoms with Crippen molar-refractivity contribution in [2.24, 2.45) is 0 Å². The molecule has 0 radical (unpaired) electrons. The molecule has 54 valence electrons. The van der Waals surface area contributed by atoms with Gasteiger partial charge >= 0.3 is 0 Å². The number of hydrogen-bond acceptors (Lipinski definition) is 1. The molecule has 0 spiro atoms. The maximum Gasteiger partial charge on any atom is 0.0144 e. The number of aryl methyl sites for hydroxylation is 1. The second-order valence-electron chi connectivity index (χ2n) is 2.17. The predicted molar refractivity (Wildman–Crippen MR) is 55.8 cm³/mol. The Balaban J connectivity index is 3.06. The molecule has 0 heterocycles. The van der Waals surface area contributed by atoms with Crippen LogP contribution in [0.15, 0.2) is 23.1 Å². The lowest BCUT2D eigenvalue weighted by Gasteiger charge is -1.98. The average molecular weight is 264 g/mol. The first-order valence-electron chi connectivity index (χ1n) is 3.21. The van der Waals surface area contributed by atoms with Crippen molar-refractivity contribution in [3.8, 4) is 0 Å². The summed E-state index contributed by atoms with van der Waals surface area (Å²) in [6.07, 6.45) is 1.09. The van der Waals surface area contributed by atoms with Gasteiger partial charge in [-0.3, -0.25) is 0 Å². The highest BCUT2D eigenvalue weighted by atomic mass is 127. The average Bonchev–Trinajstić information content (AvgIpc) is 1.85. The van der Waals surface area contributed by atoms with Crippen LogP contribution in [0.1, 0.15) is 12.5 Å². The highest BCUT2D eigenvalue weighted by Crippen LogP contribution is 2.15. The van der Waals surface area contributed by atoms with Gasteiger partial charge in [0.25, 0.3) is 0 Å². The molecule has 1 aromatic rings. The number of benzene rings is 1. The van der Waals surface area contributed by atoms with Crippen LogP contribution in [0.25, 0.3) is 0 Å². The molecule has 10 heavy (non-hydrogen) atoms. The summed E-state index contributed by atoms with van der Waals surface area (Å²) in [5.74, 6) is 0. The molecule has 0 aliphatic rings. The van der Waals surface area contributed by atoms with Gasteiger partial charge in [-0.25, -0.2) is 0 Å². The van der Waals surface area contributed by atoms with Crippen LogP contribution in [0.2, 0.25) is 0 Å². The minimum Gasteiger partial charge on any atom is -0.143 e. The van der Waals surface area contributed by atoms with Gasteiger partial charge in [0, 0.05) is 8.47 Å². The van der Waals surface area contributed by atoms with Gasteiger partial charge in [0.15, 0.2) is 0 Å². The summed E-state index contributed by atoms with van der Waals surface area (Å²) in [4.78, 5) is 1.06. The highest BCUT2D eigenvalue weighted by molar-refractivity contribution is 14.1. The smallest absolute Gasteiger partial charge is 0.0144 e. The van der Waals surface area contributed by atoms with Crippen molar-refractivity contribution in [2.75, 3.05) is 0 Å². The van der Waals surface area contributed by atoms with Crippen LogP contribution in [0.4, 0.5) is 0 Å². The third-order valence-corrected chi connectivity index (χ3v) is 2.23. The molecule has 1 aromatic carbocycles. The molecule has 0 saturated carbocycles. The molecule has 0 unspecified atom stereocenters. The van der Waals surface area contributed by atoms with E-state index in [1.165, 1.54) is 9.13 Å². The Morgan fingerprint density at radius 2 is 2.10 bits per heavy atom. The number of hydrogen-bond donors (Lipinski definition) is 1. The van der Waals surface area contributed by atoms with Crippen molar-refractivity contribution in [2.45, 2.75) is 18.2 Å². The van der Waals surface area contributed by atoms with E-state index in [9.17, 15) is 0 Å². The van der Waals surface area contributed by atoms with E-state index in [4.69, 9.17) is 0 Å². The topological polar surface area (TPSA) is 0 Å². The molecule has 2 heteroatoms. The van der Waals surface area contributed by atoms with Gasteiger partial charge < -0.3 is 0 Å². The third kappa shape index (κ3) is 2.16. The van der Waals surface area contributed by atoms with E-state index in [1.54, 1.807) is 0 Å². The first-order chi connectivity index (χ1) is 4.72. The van der Waals surface area contributed by atoms with Gasteiger partial charge in [-0.15, -0.1) is 12.6 Å². The minimum absolute atomic E-state index is 1.06. The first-order valence-corrected chi connectivity index (χ1v) is 4.73. The van der Waals surface area contributed by atoms with E-state index >= 15 is 0 Å². The van der Waals surface area contributed by atoms with Gasteiger partial charge in [-0.2, -0.15) is 0 Å². The summed E-state index contributed by atoms with van der Waals surface area (Å²) in [6.45, 7) is 2.15. The molecule has 0 saturated heterocycles. The summed E-state index contributed by atoms with van der Waals surface area (Å²) < 4.78 is 1.27. The largest absolute Gasteiger partial charge is 0.143 e. The van der Waals surface area contributed by atoms with Crippen LogP contribution in [-0.2, 0) is 6.42 Å². The van der Waals surface area contributed by atoms with Crippen molar-refractivity contribution in [1.29, 1.82) is 0 Å². The second kappa shape index (κ2) is 3.62. The van der Waals surface area contributed by atoms with E-state index in [2.05, 4.69) is 60.3 Å². The molecule has 0 amide bonds. The summed E-state index contributed by atoms with van der Waals surface area (Å²) in [7, 11) is 0. The van der Waals surface area contributed by atoms with E-state index in [0.29, 0.717) is 0 Å². The molecule has 0 aromatic heterocycles. The minimum atomic E-state index is 1.06. The van der Waals surface area contributed by atoms with E-state index < -0.39 is 0 Å². The van der Waals surface area contributed by atoms with Gasteiger partial charge in [0.05, 0.1) is 0 Å². The Hall–Kier alpha value is 0.300. The maximum atomic E-state index is 4.27. The number of halogens is 1. The zero-order valence-electron chi connectivity index (χ0n) is 5.76. The molecule has 0 aliphatic heterocycles. The fraction of sp³-hybridized carbons (Fsp3) is 0.250. The lowest BCUT2D eigenvalue weighted by molar-refractivity contribution is 1.12. The molecule has 0 bridgehead atoms. The summed E-state index contributed by atoms with van der Waals surface area (Å²) in [5, 5.41) is 0. The molecule has 0 fully saturated rings. The summed E-state index contributed by atoms with van der Waals surface area (Å²) in [5.41, 5.74) is 1.36. The molecule has 0 N–H and O–H groups in total. The Kier molecular flexibility index (Phi) is 3.04. The Morgan fingerprint density at radius 3 is 2.60 bits per heavy atom. The van der Waals surface area contributed by atoms with Crippen molar-refractivity contribution < 1.29 is 0 Å². The van der Waals surface area contributed by atoms with Crippen LogP contribution in [0.5, 0.6) is 0 Å². The van der Waals surface area contributed by atoms with E-state index in [0.717, 1.165) is 11.3 Å². The molecule has 0 nitrogen and oxygen atoms in total. The maximum absolute atomic E-state index is 4.27. The van der Waals surface area contributed by atoms with Crippen molar-refractivity contribution in [1.82, 2.24) is 0 Å². The van der Waals surface area contributed by atoms with Crippen LogP contribution in [0.3, 0.4) is 0 Å². The second-order valence-corrected chi connectivity index (χ2v) is 3.93. The van der Waals surface area contributed by atoms with Gasteiger partial charge in [-0.1, -0.05) is 6.92 Å². The van der Waals surface area contributed by atoms with E-state index in [-0.39, 0.29) is 0 Å². The zero-order valence-corrected chi connectivity index (χ0v) is 8.82. The quantitative estimate of drug-likeness (QED) is 0.584. The van der Waals surface area contributed by atoms with Crippen LogP contribution >= 0.6 is 35.2 Å². The monoisotopic (exact) mass is 264 g/mol. The van der Waals surface area contributed by atoms with Crippen LogP contribution < -0.4 is 0 Å². The molecule has 0 aliphatic carbocycles. The number of thiol groups is 1. The Labute approximate surface area is 80.6 Å². The predicted octanol–water partition coefficient (Wildman–Crippen LogP) is 3.14. The fourth-order valence-electron chi connectivity index (χ4n) is 0.837. The van der Waals surface area contributed by atoms with Crippen molar-refractivity contribution in [3.05, 3.63) is 27.3 Å². The third-order valence-electron chi connectivity index (χ3n) is 1.35. The van der Waals surface area contributed by atoms with E-state index in [1.807, 2.05) is 0 Å². The Bertz CT molecular complexity index is 212. The standard InChI is InChI=1S/C8H9IS/c1-2-6-3-7(9)5-8(10)4-6/h3-5,10H,2H2,1H3. The first kappa shape index (κ1) is 8.40. The normalized spacial score (nSPS) is 9.90. The SMILES string of the molecule is CCc1cc(S)cc(I)c1. The van der Waals surface area contributed by atoms with Gasteiger partial charge in [-0.05, 0) is 52.8 Å². The zero-order chi connectivity index (χ0) is 7.56. The molecule has 0 atom stereocenters. The van der Waals surface area contributed by atoms with Crippen molar-refractivity contribution in [3.63, 3.8) is 0 Å². The lowest BCUT2D eigenvalue weighted by Crippen LogP contribution is -1.81. The fourth-order valence-corrected chi connectivity index (χ4v) is 2.12. The molecular formula is C8H9IS. The Morgan fingerprint density at radius 1 is 1.40 bits per heavy atom. The van der Waals surface area contributed by atoms with Crippen molar-refractivity contribution >= 4 is 35.2 Å². The number of rotatable bonds is 1. The summed E-state index contributed by atoms with van der Waals surface area (Å²) >= 11 is 6.58. The van der Waals surface area contributed by atoms with Gasteiger partial charge in [0.2, 0.25) is 0 Å². The van der Waals surface area contributed by atoms with Crippen LogP contribution in [-0.4, -0.2) is 0 Å². The summed E-state index contributed by atoms with van der Waals surface area (Å²) in [6, 6.07) is 6.34. The van der Waals surface area contributed by atoms with Crippen LogP contribution in [0, 0.1) is 3.57 Å².